The Morgan fingerprint density at radius 1 is 1.04 bits per heavy atom. The van der Waals surface area contributed by atoms with Crippen molar-refractivity contribution in [2.45, 2.75) is 5.88 Å². The van der Waals surface area contributed by atoms with Gasteiger partial charge >= 0.3 is 0 Å². The van der Waals surface area contributed by atoms with Gasteiger partial charge in [0.2, 0.25) is 0 Å². The molecule has 0 N–H and O–H groups in total. The van der Waals surface area contributed by atoms with Crippen LogP contribution in [0.25, 0.3) is 16.6 Å². The fraction of sp³-hybridized carbons (Fsp3) is 0.300. The van der Waals surface area contributed by atoms with Gasteiger partial charge in [-0.05, 0) is 56.6 Å². The molecule has 0 fully saturated rings. The van der Waals surface area contributed by atoms with E-state index in [1.54, 1.807) is 28.8 Å². The van der Waals surface area contributed by atoms with E-state index >= 15 is 0 Å². The highest BCUT2D eigenvalue weighted by atomic mass is 35.5. The summed E-state index contributed by atoms with van der Waals surface area (Å²) in [5, 5.41) is 1.17. The molecule has 0 bridgehead atoms. The lowest BCUT2D eigenvalue weighted by Crippen LogP contribution is -2.28. The molecule has 3 aromatic rings. The van der Waals surface area contributed by atoms with Crippen LogP contribution in [0.1, 0.15) is 5.82 Å². The van der Waals surface area contributed by atoms with Crippen molar-refractivity contribution >= 4 is 39.8 Å². The fourth-order valence-corrected chi connectivity index (χ4v) is 3.19. The van der Waals surface area contributed by atoms with Crippen LogP contribution >= 0.6 is 23.2 Å². The van der Waals surface area contributed by atoms with Crippen LogP contribution in [0.2, 0.25) is 5.02 Å². The van der Waals surface area contributed by atoms with E-state index in [1.807, 2.05) is 39.3 Å². The highest BCUT2D eigenvalue weighted by Gasteiger charge is 2.13. The predicted molar refractivity (Wildman–Crippen MR) is 114 cm³/mol. The minimum absolute atomic E-state index is 0.133. The van der Waals surface area contributed by atoms with Gasteiger partial charge in [-0.15, -0.1) is 11.6 Å². The van der Waals surface area contributed by atoms with Gasteiger partial charge in [0, 0.05) is 30.8 Å². The lowest BCUT2D eigenvalue weighted by molar-refractivity contribution is 0.416. The summed E-state index contributed by atoms with van der Waals surface area (Å²) < 4.78 is 1.54. The van der Waals surface area contributed by atoms with Crippen molar-refractivity contribution in [3.63, 3.8) is 0 Å². The van der Waals surface area contributed by atoms with Crippen molar-refractivity contribution in [1.29, 1.82) is 0 Å². The van der Waals surface area contributed by atoms with E-state index in [0.717, 1.165) is 18.8 Å². The molecule has 0 aliphatic heterocycles. The Labute approximate surface area is 168 Å². The van der Waals surface area contributed by atoms with Crippen LogP contribution in [-0.4, -0.2) is 48.7 Å². The van der Waals surface area contributed by atoms with E-state index < -0.39 is 0 Å². The lowest BCUT2D eigenvalue weighted by Gasteiger charge is -2.22. The zero-order valence-electron chi connectivity index (χ0n) is 15.6. The van der Waals surface area contributed by atoms with Gasteiger partial charge in [0.25, 0.3) is 5.56 Å². The highest BCUT2D eigenvalue weighted by molar-refractivity contribution is 6.30. The van der Waals surface area contributed by atoms with E-state index in [2.05, 4.69) is 14.8 Å². The Bertz CT molecular complexity index is 999. The summed E-state index contributed by atoms with van der Waals surface area (Å²) >= 11 is 12.1. The van der Waals surface area contributed by atoms with Crippen LogP contribution in [0, 0.1) is 0 Å². The third kappa shape index (κ3) is 4.26. The smallest absolute Gasteiger partial charge is 0.266 e. The number of hydrogen-bond acceptors (Lipinski definition) is 4. The van der Waals surface area contributed by atoms with Crippen LogP contribution in [0.5, 0.6) is 0 Å². The molecule has 0 amide bonds. The number of hydrogen-bond donors (Lipinski definition) is 0. The van der Waals surface area contributed by atoms with E-state index in [9.17, 15) is 4.79 Å². The van der Waals surface area contributed by atoms with Gasteiger partial charge in [-0.25, -0.2) is 4.98 Å². The number of halogens is 2. The van der Waals surface area contributed by atoms with Gasteiger partial charge in [0.05, 0.1) is 22.5 Å². The second kappa shape index (κ2) is 8.30. The molecule has 0 saturated heterocycles. The van der Waals surface area contributed by atoms with Crippen molar-refractivity contribution in [2.75, 3.05) is 39.1 Å². The number of alkyl halides is 1. The van der Waals surface area contributed by atoms with Crippen molar-refractivity contribution in [3.05, 3.63) is 63.7 Å². The van der Waals surface area contributed by atoms with Gasteiger partial charge in [0.15, 0.2) is 0 Å². The molecular formula is C20H22Cl2N4O. The number of aromatic nitrogens is 2. The summed E-state index contributed by atoms with van der Waals surface area (Å²) in [4.78, 5) is 22.0. The van der Waals surface area contributed by atoms with E-state index in [1.165, 1.54) is 0 Å². The molecular weight excluding hydrogens is 383 g/mol. The first kappa shape index (κ1) is 19.7. The number of benzene rings is 2. The van der Waals surface area contributed by atoms with Crippen molar-refractivity contribution < 1.29 is 0 Å². The topological polar surface area (TPSA) is 41.4 Å². The average molecular weight is 405 g/mol. The van der Waals surface area contributed by atoms with Gasteiger partial charge in [-0.1, -0.05) is 11.6 Å². The maximum atomic E-state index is 13.1. The molecule has 27 heavy (non-hydrogen) atoms. The number of likely N-dealkylation sites (N-methyl/N-ethyl adjacent to an activating group) is 2. The first-order valence-corrected chi connectivity index (χ1v) is 9.55. The SMILES string of the molecule is CN(C)CCN(C)c1ccc2c(=O)n(-c3ccc(Cl)cc3)c(CCl)nc2c1. The normalized spacial score (nSPS) is 11.3. The molecule has 0 radical (unpaired) electrons. The van der Waals surface area contributed by atoms with Gasteiger partial charge in [-0.3, -0.25) is 9.36 Å². The average Bonchev–Trinajstić information content (AvgIpc) is 2.66. The fourth-order valence-electron chi connectivity index (χ4n) is 2.88. The summed E-state index contributed by atoms with van der Waals surface area (Å²) in [7, 11) is 6.12. The van der Waals surface area contributed by atoms with Crippen LogP contribution < -0.4 is 10.5 Å². The van der Waals surface area contributed by atoms with Crippen molar-refractivity contribution in [1.82, 2.24) is 14.5 Å². The van der Waals surface area contributed by atoms with Crippen LogP contribution in [-0.2, 0) is 5.88 Å². The summed E-state index contributed by atoms with van der Waals surface area (Å²) in [6.45, 7) is 1.82. The minimum Gasteiger partial charge on any atom is -0.373 e. The van der Waals surface area contributed by atoms with Crippen LogP contribution in [0.3, 0.4) is 0 Å². The molecule has 0 saturated carbocycles. The second-order valence-corrected chi connectivity index (χ2v) is 7.41. The molecule has 1 aromatic heterocycles. The zero-order valence-corrected chi connectivity index (χ0v) is 17.1. The Morgan fingerprint density at radius 3 is 2.37 bits per heavy atom. The maximum Gasteiger partial charge on any atom is 0.266 e. The quantitative estimate of drug-likeness (QED) is 0.586. The largest absolute Gasteiger partial charge is 0.373 e. The summed E-state index contributed by atoms with van der Waals surface area (Å²) in [5.41, 5.74) is 2.22. The number of fused-ring (bicyclic) bond motifs is 1. The number of nitrogens with zero attached hydrogens (tertiary/aromatic N) is 4. The molecule has 0 aliphatic carbocycles. The standard InChI is InChI=1S/C20H22Cl2N4O/c1-24(2)10-11-25(3)16-8-9-17-18(12-16)23-19(13-21)26(20(17)27)15-6-4-14(22)5-7-15/h4-9,12H,10-11,13H2,1-3H3. The summed E-state index contributed by atoms with van der Waals surface area (Å²) in [6.07, 6.45) is 0. The molecule has 7 heteroatoms. The molecule has 0 atom stereocenters. The lowest BCUT2D eigenvalue weighted by atomic mass is 10.2. The Balaban J connectivity index is 2.08. The zero-order chi connectivity index (χ0) is 19.6. The third-order valence-corrected chi connectivity index (χ3v) is 4.94. The van der Waals surface area contributed by atoms with E-state index in [4.69, 9.17) is 23.2 Å². The second-order valence-electron chi connectivity index (χ2n) is 6.70. The minimum atomic E-state index is -0.138. The van der Waals surface area contributed by atoms with Crippen LogP contribution in [0.4, 0.5) is 5.69 Å². The molecule has 1 heterocycles. The predicted octanol–water partition coefficient (Wildman–Crippen LogP) is 3.78. The molecule has 0 spiro atoms. The Morgan fingerprint density at radius 2 is 1.74 bits per heavy atom. The van der Waals surface area contributed by atoms with E-state index in [-0.39, 0.29) is 11.4 Å². The number of rotatable bonds is 6. The monoisotopic (exact) mass is 404 g/mol. The molecule has 5 nitrogen and oxygen atoms in total. The third-order valence-electron chi connectivity index (χ3n) is 4.45. The Hall–Kier alpha value is -2.08. The van der Waals surface area contributed by atoms with Gasteiger partial charge < -0.3 is 9.80 Å². The summed E-state index contributed by atoms with van der Waals surface area (Å²) in [5.74, 6) is 0.638. The number of anilines is 1. The first-order valence-electron chi connectivity index (χ1n) is 8.64. The molecule has 3 rings (SSSR count). The van der Waals surface area contributed by atoms with Crippen molar-refractivity contribution in [3.8, 4) is 5.69 Å². The van der Waals surface area contributed by atoms with E-state index in [0.29, 0.717) is 27.4 Å². The molecule has 2 aromatic carbocycles. The summed E-state index contributed by atoms with van der Waals surface area (Å²) in [6, 6.07) is 12.8. The highest BCUT2D eigenvalue weighted by Crippen LogP contribution is 2.21. The van der Waals surface area contributed by atoms with Crippen LogP contribution in [0.15, 0.2) is 47.3 Å². The first-order chi connectivity index (χ1) is 12.9. The van der Waals surface area contributed by atoms with Gasteiger partial charge in [0.1, 0.15) is 5.82 Å². The molecule has 0 unspecified atom stereocenters. The van der Waals surface area contributed by atoms with Gasteiger partial charge in [-0.2, -0.15) is 0 Å². The Kier molecular flexibility index (Phi) is 6.05. The molecule has 142 valence electrons. The molecule has 0 aliphatic rings. The maximum absolute atomic E-state index is 13.1. The van der Waals surface area contributed by atoms with Crippen molar-refractivity contribution in [2.24, 2.45) is 0 Å².